The summed E-state index contributed by atoms with van der Waals surface area (Å²) >= 11 is 0. The molecule has 0 aliphatic heterocycles. The number of aromatic nitrogens is 1. The maximum Gasteiger partial charge on any atom is 0.262 e. The second kappa shape index (κ2) is 3.95. The van der Waals surface area contributed by atoms with Gasteiger partial charge in [0.05, 0.1) is 5.69 Å². The molecule has 0 aliphatic carbocycles. The maximum atomic E-state index is 11.5. The van der Waals surface area contributed by atoms with E-state index in [0.717, 1.165) is 0 Å². The molecular weight excluding hydrogens is 182 g/mol. The van der Waals surface area contributed by atoms with Crippen molar-refractivity contribution in [2.75, 3.05) is 5.73 Å². The number of nitrogens with one attached hydrogen (secondary N) is 2. The number of anilines is 1. The Morgan fingerprint density at radius 1 is 1.57 bits per heavy atom. The number of pyridine rings is 1. The first-order chi connectivity index (χ1) is 6.52. The van der Waals surface area contributed by atoms with Gasteiger partial charge in [0.15, 0.2) is 0 Å². The monoisotopic (exact) mass is 195 g/mol. The van der Waals surface area contributed by atoms with E-state index >= 15 is 0 Å². The normalized spacial score (nSPS) is 10.2. The molecule has 1 amide bonds. The minimum Gasteiger partial charge on any atom is -0.398 e. The third-order valence-electron chi connectivity index (χ3n) is 1.64. The van der Waals surface area contributed by atoms with E-state index in [1.54, 1.807) is 0 Å². The maximum absolute atomic E-state index is 11.5. The van der Waals surface area contributed by atoms with Crippen LogP contribution in [0.15, 0.2) is 17.1 Å². The molecule has 0 spiro atoms. The van der Waals surface area contributed by atoms with Gasteiger partial charge in [-0.1, -0.05) is 0 Å². The summed E-state index contributed by atoms with van der Waals surface area (Å²) < 4.78 is 0. The summed E-state index contributed by atoms with van der Waals surface area (Å²) in [5, 5.41) is 2.60. The van der Waals surface area contributed by atoms with Gasteiger partial charge in [0, 0.05) is 12.2 Å². The highest BCUT2D eigenvalue weighted by Crippen LogP contribution is 2.03. The molecule has 5 nitrogen and oxygen atoms in total. The fourth-order valence-electron chi connectivity index (χ4n) is 1.06. The minimum absolute atomic E-state index is 0.0264. The van der Waals surface area contributed by atoms with Crippen molar-refractivity contribution in [1.29, 1.82) is 0 Å². The van der Waals surface area contributed by atoms with Gasteiger partial charge >= 0.3 is 0 Å². The Morgan fingerprint density at radius 3 is 2.71 bits per heavy atom. The van der Waals surface area contributed by atoms with Crippen molar-refractivity contribution in [3.05, 3.63) is 28.2 Å². The number of carbonyl (C=O) groups is 1. The number of rotatable bonds is 2. The van der Waals surface area contributed by atoms with Crippen molar-refractivity contribution in [2.24, 2.45) is 0 Å². The van der Waals surface area contributed by atoms with Crippen LogP contribution in [0.3, 0.4) is 0 Å². The Labute approximate surface area is 81.3 Å². The third kappa shape index (κ3) is 2.12. The van der Waals surface area contributed by atoms with Gasteiger partial charge in [-0.15, -0.1) is 0 Å². The molecule has 0 saturated carbocycles. The van der Waals surface area contributed by atoms with Gasteiger partial charge in [0.2, 0.25) is 0 Å². The highest BCUT2D eigenvalue weighted by molar-refractivity contribution is 5.98. The van der Waals surface area contributed by atoms with Gasteiger partial charge in [0.25, 0.3) is 11.5 Å². The summed E-state index contributed by atoms with van der Waals surface area (Å²) in [6.07, 6.45) is 1.41. The lowest BCUT2D eigenvalue weighted by Crippen LogP contribution is -2.34. The first-order valence-electron chi connectivity index (χ1n) is 4.30. The highest BCUT2D eigenvalue weighted by Gasteiger charge is 2.14. The molecule has 5 heteroatoms. The van der Waals surface area contributed by atoms with Crippen molar-refractivity contribution in [3.8, 4) is 0 Å². The molecule has 1 heterocycles. The van der Waals surface area contributed by atoms with E-state index in [9.17, 15) is 9.59 Å². The van der Waals surface area contributed by atoms with Crippen molar-refractivity contribution >= 4 is 11.6 Å². The molecule has 0 atom stereocenters. The largest absolute Gasteiger partial charge is 0.398 e. The van der Waals surface area contributed by atoms with Gasteiger partial charge in [-0.25, -0.2) is 0 Å². The zero-order valence-corrected chi connectivity index (χ0v) is 8.13. The topological polar surface area (TPSA) is 88.0 Å². The standard InChI is InChI=1S/C9H13N3O2/c1-5(2)12-9(14)7-6(10)3-4-11-8(7)13/h3-5H,1-2H3,(H,12,14)(H3,10,11,13). The van der Waals surface area contributed by atoms with Crippen LogP contribution in [0.5, 0.6) is 0 Å². The van der Waals surface area contributed by atoms with E-state index in [-0.39, 0.29) is 17.3 Å². The predicted molar refractivity (Wildman–Crippen MR) is 54.1 cm³/mol. The first-order valence-corrected chi connectivity index (χ1v) is 4.30. The molecular formula is C9H13N3O2. The van der Waals surface area contributed by atoms with Gasteiger partial charge in [-0.05, 0) is 19.9 Å². The summed E-state index contributed by atoms with van der Waals surface area (Å²) in [5.74, 6) is -0.445. The molecule has 1 aromatic heterocycles. The van der Waals surface area contributed by atoms with Gasteiger partial charge in [0.1, 0.15) is 5.56 Å². The van der Waals surface area contributed by atoms with Crippen LogP contribution in [-0.4, -0.2) is 16.9 Å². The number of hydrogen-bond acceptors (Lipinski definition) is 3. The SMILES string of the molecule is CC(C)NC(=O)c1c(N)cc[nH]c1=O. The van der Waals surface area contributed by atoms with E-state index in [1.807, 2.05) is 13.8 Å². The van der Waals surface area contributed by atoms with Crippen LogP contribution in [0, 0.1) is 0 Å². The number of carbonyl (C=O) groups excluding carboxylic acids is 1. The predicted octanol–water partition coefficient (Wildman–Crippen LogP) is 0.0953. The molecule has 0 bridgehead atoms. The molecule has 0 fully saturated rings. The number of nitrogens with two attached hydrogens (primary N) is 1. The first kappa shape index (κ1) is 10.3. The zero-order chi connectivity index (χ0) is 10.7. The molecule has 1 aromatic rings. The summed E-state index contributed by atoms with van der Waals surface area (Å²) in [4.78, 5) is 25.2. The van der Waals surface area contributed by atoms with E-state index in [2.05, 4.69) is 10.3 Å². The second-order valence-electron chi connectivity index (χ2n) is 3.27. The molecule has 4 N–H and O–H groups in total. The number of amides is 1. The Balaban J connectivity index is 3.07. The Hall–Kier alpha value is -1.78. The Bertz CT molecular complexity index is 395. The van der Waals surface area contributed by atoms with Crippen LogP contribution < -0.4 is 16.6 Å². The van der Waals surface area contributed by atoms with Gasteiger partial charge in [-0.3, -0.25) is 9.59 Å². The Morgan fingerprint density at radius 2 is 2.21 bits per heavy atom. The highest BCUT2D eigenvalue weighted by atomic mass is 16.2. The molecule has 1 rings (SSSR count). The summed E-state index contributed by atoms with van der Waals surface area (Å²) in [6, 6.07) is 1.46. The second-order valence-corrected chi connectivity index (χ2v) is 3.27. The van der Waals surface area contributed by atoms with Crippen molar-refractivity contribution < 1.29 is 4.79 Å². The van der Waals surface area contributed by atoms with Crippen LogP contribution in [0.4, 0.5) is 5.69 Å². The fraction of sp³-hybridized carbons (Fsp3) is 0.333. The lowest BCUT2D eigenvalue weighted by molar-refractivity contribution is 0.0942. The van der Waals surface area contributed by atoms with Crippen LogP contribution in [0.25, 0.3) is 0 Å². The number of H-pyrrole nitrogens is 1. The van der Waals surface area contributed by atoms with E-state index in [0.29, 0.717) is 0 Å². The van der Waals surface area contributed by atoms with Crippen LogP contribution in [0.1, 0.15) is 24.2 Å². The van der Waals surface area contributed by atoms with Crippen molar-refractivity contribution in [1.82, 2.24) is 10.3 Å². The van der Waals surface area contributed by atoms with Crippen molar-refractivity contribution in [2.45, 2.75) is 19.9 Å². The quantitative estimate of drug-likeness (QED) is 0.625. The van der Waals surface area contributed by atoms with Crippen LogP contribution >= 0.6 is 0 Å². The number of hydrogen-bond donors (Lipinski definition) is 3. The average Bonchev–Trinajstić information content (AvgIpc) is 2.01. The zero-order valence-electron chi connectivity index (χ0n) is 8.13. The van der Waals surface area contributed by atoms with Gasteiger partial charge in [-0.2, -0.15) is 0 Å². The Kier molecular flexibility index (Phi) is 2.91. The molecule has 76 valence electrons. The summed E-state index contributed by atoms with van der Waals surface area (Å²) in [6.45, 7) is 3.62. The lowest BCUT2D eigenvalue weighted by Gasteiger charge is -2.08. The summed E-state index contributed by atoms with van der Waals surface area (Å²) in [5.41, 5.74) is 5.21. The van der Waals surface area contributed by atoms with Crippen molar-refractivity contribution in [3.63, 3.8) is 0 Å². The third-order valence-corrected chi connectivity index (χ3v) is 1.64. The average molecular weight is 195 g/mol. The molecule has 0 radical (unpaired) electrons. The van der Waals surface area contributed by atoms with Crippen LogP contribution in [0.2, 0.25) is 0 Å². The minimum atomic E-state index is -0.469. The number of nitrogen functional groups attached to an aromatic ring is 1. The molecule has 14 heavy (non-hydrogen) atoms. The molecule has 0 aliphatic rings. The lowest BCUT2D eigenvalue weighted by atomic mass is 10.2. The van der Waals surface area contributed by atoms with E-state index in [1.165, 1.54) is 12.3 Å². The van der Waals surface area contributed by atoms with E-state index in [4.69, 9.17) is 5.73 Å². The number of aromatic amines is 1. The fourth-order valence-corrected chi connectivity index (χ4v) is 1.06. The van der Waals surface area contributed by atoms with Gasteiger partial charge < -0.3 is 16.0 Å². The molecule has 0 aromatic carbocycles. The smallest absolute Gasteiger partial charge is 0.262 e. The molecule has 0 saturated heterocycles. The molecule has 0 unspecified atom stereocenters. The summed E-state index contributed by atoms with van der Waals surface area (Å²) in [7, 11) is 0. The van der Waals surface area contributed by atoms with Crippen LogP contribution in [-0.2, 0) is 0 Å². The van der Waals surface area contributed by atoms with E-state index < -0.39 is 11.5 Å².